The second-order valence-electron chi connectivity index (χ2n) is 14.7. The van der Waals surface area contributed by atoms with Gasteiger partial charge in [-0.1, -0.05) is 121 Å². The van der Waals surface area contributed by atoms with Crippen LogP contribution in [0.1, 0.15) is 0 Å². The number of furan rings is 1. The third-order valence-corrected chi connectivity index (χ3v) is 12.5. The van der Waals surface area contributed by atoms with Gasteiger partial charge in [0.25, 0.3) is 0 Å². The molecule has 4 aromatic heterocycles. The van der Waals surface area contributed by atoms with Crippen LogP contribution in [0, 0.1) is 0 Å². The number of para-hydroxylation sites is 2. The summed E-state index contributed by atoms with van der Waals surface area (Å²) in [6.07, 6.45) is 0. The highest BCUT2D eigenvalue weighted by Crippen LogP contribution is 2.41. The first-order valence-electron chi connectivity index (χ1n) is 19.3. The predicted molar refractivity (Wildman–Crippen MR) is 240 cm³/mol. The van der Waals surface area contributed by atoms with Crippen LogP contribution in [0.4, 0.5) is 0 Å². The molecule has 0 aliphatic carbocycles. The first-order chi connectivity index (χ1) is 28.2. The van der Waals surface area contributed by atoms with Gasteiger partial charge in [0.2, 0.25) is 0 Å². The Bertz CT molecular complexity index is 3410. The van der Waals surface area contributed by atoms with E-state index in [0.717, 1.165) is 61.3 Å². The molecule has 57 heavy (non-hydrogen) atoms. The smallest absolute Gasteiger partial charge is 0.136 e. The molecule has 0 aliphatic rings. The molecule has 266 valence electrons. The molecule has 0 saturated carbocycles. The molecule has 0 unspecified atom stereocenters. The first kappa shape index (κ1) is 32.0. The molecular weight excluding hydrogens is 713 g/mol. The van der Waals surface area contributed by atoms with Gasteiger partial charge in [-0.2, -0.15) is 0 Å². The molecule has 3 nitrogen and oxygen atoms in total. The highest BCUT2D eigenvalue weighted by Gasteiger charge is 2.16. The summed E-state index contributed by atoms with van der Waals surface area (Å²) in [4.78, 5) is 5.10. The summed E-state index contributed by atoms with van der Waals surface area (Å²) in [6.45, 7) is 0. The molecule has 0 fully saturated rings. The van der Waals surface area contributed by atoms with E-state index < -0.39 is 0 Å². The molecule has 4 heterocycles. The quantitative estimate of drug-likeness (QED) is 0.176. The van der Waals surface area contributed by atoms with E-state index >= 15 is 0 Å². The average Bonchev–Trinajstić information content (AvgIpc) is 3.95. The summed E-state index contributed by atoms with van der Waals surface area (Å²) in [5.74, 6) is 0. The van der Waals surface area contributed by atoms with E-state index in [9.17, 15) is 0 Å². The number of hydrogen-bond acceptors (Lipinski definition) is 3. The van der Waals surface area contributed by atoms with Crippen molar-refractivity contribution in [3.05, 3.63) is 194 Å². The zero-order chi connectivity index (χ0) is 37.5. The van der Waals surface area contributed by atoms with Crippen molar-refractivity contribution in [3.63, 3.8) is 0 Å². The Morgan fingerprint density at radius 3 is 1.65 bits per heavy atom. The lowest BCUT2D eigenvalue weighted by molar-refractivity contribution is 0.669. The second-order valence-corrected chi connectivity index (χ2v) is 15.8. The zero-order valence-corrected chi connectivity index (χ0v) is 31.5. The van der Waals surface area contributed by atoms with E-state index in [1.807, 2.05) is 23.5 Å². The maximum atomic E-state index is 6.52. The normalized spacial score (nSPS) is 11.9. The van der Waals surface area contributed by atoms with Gasteiger partial charge in [0, 0.05) is 58.5 Å². The van der Waals surface area contributed by atoms with Crippen molar-refractivity contribution in [2.45, 2.75) is 0 Å². The summed E-state index contributed by atoms with van der Waals surface area (Å²) in [6, 6.07) is 69.5. The fourth-order valence-corrected chi connectivity index (χ4v) is 9.76. The Hall–Kier alpha value is -7.27. The molecule has 0 saturated heterocycles. The van der Waals surface area contributed by atoms with Crippen LogP contribution in [0.5, 0.6) is 0 Å². The highest BCUT2D eigenvalue weighted by atomic mass is 32.1. The molecular formula is C53H32N2OS. The lowest BCUT2D eigenvalue weighted by Gasteiger charge is -2.10. The van der Waals surface area contributed by atoms with E-state index in [1.165, 1.54) is 53.1 Å². The summed E-state index contributed by atoms with van der Waals surface area (Å²) < 4.78 is 11.4. The number of nitrogens with zero attached hydrogens (tertiary/aromatic N) is 2. The topological polar surface area (TPSA) is 31.0 Å². The standard InChI is InChI=1S/C53H32N2OS/c1-3-11-33(12-4-1)46-28-38(29-47(54-46)34-13-5-2-6-14-34)37-20-24-43-45-27-35(21-26-52(45)57-53(43)31-37)36-19-23-42-44-32-39(22-25-50(44)56-51(42)30-36)55-48-17-9-7-15-40(48)41-16-8-10-18-49(41)55/h1-32H. The van der Waals surface area contributed by atoms with E-state index in [0.29, 0.717) is 0 Å². The van der Waals surface area contributed by atoms with Crippen molar-refractivity contribution in [1.29, 1.82) is 0 Å². The Morgan fingerprint density at radius 2 is 0.947 bits per heavy atom. The largest absolute Gasteiger partial charge is 0.456 e. The number of aromatic nitrogens is 2. The maximum absolute atomic E-state index is 6.52. The van der Waals surface area contributed by atoms with Gasteiger partial charge >= 0.3 is 0 Å². The minimum absolute atomic E-state index is 0.891. The van der Waals surface area contributed by atoms with Gasteiger partial charge < -0.3 is 8.98 Å². The van der Waals surface area contributed by atoms with Crippen molar-refractivity contribution in [2.24, 2.45) is 0 Å². The van der Waals surface area contributed by atoms with Gasteiger partial charge in [-0.15, -0.1) is 11.3 Å². The van der Waals surface area contributed by atoms with Crippen molar-refractivity contribution in [3.8, 4) is 50.5 Å². The van der Waals surface area contributed by atoms with E-state index in [2.05, 4.69) is 187 Å². The van der Waals surface area contributed by atoms with Crippen molar-refractivity contribution in [2.75, 3.05) is 0 Å². The van der Waals surface area contributed by atoms with Gasteiger partial charge in [0.15, 0.2) is 0 Å². The average molecular weight is 745 g/mol. The van der Waals surface area contributed by atoms with Crippen LogP contribution in [0.2, 0.25) is 0 Å². The van der Waals surface area contributed by atoms with Crippen LogP contribution in [-0.2, 0) is 0 Å². The van der Waals surface area contributed by atoms with Gasteiger partial charge in [-0.25, -0.2) is 4.98 Å². The third kappa shape index (κ3) is 5.22. The van der Waals surface area contributed by atoms with Crippen LogP contribution in [0.15, 0.2) is 199 Å². The number of hydrogen-bond donors (Lipinski definition) is 0. The third-order valence-electron chi connectivity index (χ3n) is 11.4. The number of fused-ring (bicyclic) bond motifs is 9. The molecule has 12 rings (SSSR count). The molecule has 0 N–H and O–H groups in total. The van der Waals surface area contributed by atoms with Crippen LogP contribution >= 0.6 is 11.3 Å². The van der Waals surface area contributed by atoms with Gasteiger partial charge in [-0.3, -0.25) is 0 Å². The fraction of sp³-hybridized carbons (Fsp3) is 0. The van der Waals surface area contributed by atoms with E-state index in [-0.39, 0.29) is 0 Å². The molecule has 0 aliphatic heterocycles. The molecule has 0 radical (unpaired) electrons. The first-order valence-corrected chi connectivity index (χ1v) is 20.1. The molecule has 0 atom stereocenters. The minimum atomic E-state index is 0.891. The lowest BCUT2D eigenvalue weighted by atomic mass is 9.98. The Balaban J connectivity index is 0.922. The van der Waals surface area contributed by atoms with Crippen LogP contribution in [-0.4, -0.2) is 9.55 Å². The van der Waals surface area contributed by atoms with Crippen molar-refractivity contribution in [1.82, 2.24) is 9.55 Å². The molecule has 0 spiro atoms. The number of thiophene rings is 1. The molecule has 12 aromatic rings. The van der Waals surface area contributed by atoms with Crippen LogP contribution < -0.4 is 0 Å². The predicted octanol–water partition coefficient (Wildman–Crippen LogP) is 15.1. The molecule has 8 aromatic carbocycles. The van der Waals surface area contributed by atoms with Crippen molar-refractivity contribution >= 4 is 75.3 Å². The monoisotopic (exact) mass is 744 g/mol. The van der Waals surface area contributed by atoms with E-state index in [4.69, 9.17) is 9.40 Å². The number of rotatable bonds is 5. The molecule has 0 bridgehead atoms. The summed E-state index contributed by atoms with van der Waals surface area (Å²) >= 11 is 1.85. The maximum Gasteiger partial charge on any atom is 0.136 e. The van der Waals surface area contributed by atoms with Crippen LogP contribution in [0.25, 0.3) is 114 Å². The minimum Gasteiger partial charge on any atom is -0.456 e. The zero-order valence-electron chi connectivity index (χ0n) is 30.7. The van der Waals surface area contributed by atoms with Gasteiger partial charge in [-0.05, 0) is 95.1 Å². The van der Waals surface area contributed by atoms with E-state index in [1.54, 1.807) is 0 Å². The Labute approximate surface area is 332 Å². The Kier molecular flexibility index (Phi) is 7.10. The SMILES string of the molecule is c1ccc(-c2cc(-c3ccc4c(c3)sc3ccc(-c5ccc6c(c5)oc5ccc(-n7c8ccccc8c8ccccc87)cc56)cc34)cc(-c3ccccc3)n2)cc1. The summed E-state index contributed by atoms with van der Waals surface area (Å²) in [5.41, 5.74) is 14.1. The molecule has 4 heteroatoms. The highest BCUT2D eigenvalue weighted by molar-refractivity contribution is 7.25. The molecule has 0 amide bonds. The Morgan fingerprint density at radius 1 is 0.351 bits per heavy atom. The lowest BCUT2D eigenvalue weighted by Crippen LogP contribution is -1.93. The van der Waals surface area contributed by atoms with Crippen molar-refractivity contribution < 1.29 is 4.42 Å². The fourth-order valence-electron chi connectivity index (χ4n) is 8.63. The summed E-state index contributed by atoms with van der Waals surface area (Å²) in [7, 11) is 0. The van der Waals surface area contributed by atoms with Gasteiger partial charge in [0.1, 0.15) is 11.2 Å². The number of benzene rings is 8. The second kappa shape index (κ2) is 12.6. The summed E-state index contributed by atoms with van der Waals surface area (Å²) in [5, 5.41) is 7.29. The van der Waals surface area contributed by atoms with Crippen LogP contribution in [0.3, 0.4) is 0 Å². The van der Waals surface area contributed by atoms with Gasteiger partial charge in [0.05, 0.1) is 22.4 Å². The number of pyridine rings is 1.